The predicted octanol–water partition coefficient (Wildman–Crippen LogP) is 2.57. The van der Waals surface area contributed by atoms with Crippen LogP contribution in [0.5, 0.6) is 0 Å². The number of carbonyl (C=O) groups is 2. The number of anilines is 1. The van der Waals surface area contributed by atoms with Crippen molar-refractivity contribution in [1.29, 1.82) is 0 Å². The van der Waals surface area contributed by atoms with Crippen molar-refractivity contribution in [2.45, 2.75) is 39.2 Å². The summed E-state index contributed by atoms with van der Waals surface area (Å²) in [6.07, 6.45) is 1.95. The maximum absolute atomic E-state index is 12.1. The minimum absolute atomic E-state index is 0. The Morgan fingerprint density at radius 1 is 1.17 bits per heavy atom. The summed E-state index contributed by atoms with van der Waals surface area (Å²) in [4.78, 5) is 24.2. The molecule has 2 rings (SSSR count). The van der Waals surface area contributed by atoms with E-state index in [-0.39, 0.29) is 35.7 Å². The van der Waals surface area contributed by atoms with Gasteiger partial charge in [0, 0.05) is 23.3 Å². The van der Waals surface area contributed by atoms with Crippen LogP contribution in [0.3, 0.4) is 0 Å². The van der Waals surface area contributed by atoms with E-state index in [0.29, 0.717) is 5.56 Å². The van der Waals surface area contributed by atoms with Crippen LogP contribution in [0.15, 0.2) is 24.3 Å². The van der Waals surface area contributed by atoms with Crippen molar-refractivity contribution < 1.29 is 9.59 Å². The van der Waals surface area contributed by atoms with Crippen LogP contribution in [0.1, 0.15) is 44.0 Å². The Labute approximate surface area is 144 Å². The van der Waals surface area contributed by atoms with E-state index in [0.717, 1.165) is 31.6 Å². The number of nitrogens with one attached hydrogen (secondary N) is 3. The third-order valence-corrected chi connectivity index (χ3v) is 3.57. The van der Waals surface area contributed by atoms with Gasteiger partial charge in [0.05, 0.1) is 5.92 Å². The Morgan fingerprint density at radius 3 is 2.35 bits per heavy atom. The highest BCUT2D eigenvalue weighted by molar-refractivity contribution is 5.96. The molecule has 1 saturated heterocycles. The average Bonchev–Trinajstić information content (AvgIpc) is 2.47. The highest BCUT2D eigenvalue weighted by Gasteiger charge is 2.21. The standard InChI is InChI=1S/C17H25N3O2.ClH/c1-17(2,3)20-16(22)12-6-8-14(9-7-12)19-15(21)13-5-4-10-18-11-13;/h6-9,13,18H,4-5,10-11H2,1-3H3,(H,19,21)(H,20,22);1H/t13-;/m1./s1. The average molecular weight is 340 g/mol. The molecule has 0 bridgehead atoms. The van der Waals surface area contributed by atoms with Crippen molar-refractivity contribution in [2.75, 3.05) is 18.4 Å². The summed E-state index contributed by atoms with van der Waals surface area (Å²) >= 11 is 0. The second kappa shape index (κ2) is 8.31. The molecule has 1 heterocycles. The van der Waals surface area contributed by atoms with Gasteiger partial charge in [-0.05, 0) is 64.4 Å². The molecule has 0 radical (unpaired) electrons. The fraction of sp³-hybridized carbons (Fsp3) is 0.529. The molecule has 1 fully saturated rings. The first kappa shape index (κ1) is 19.5. The third-order valence-electron chi connectivity index (χ3n) is 3.57. The van der Waals surface area contributed by atoms with Crippen LogP contribution in [-0.2, 0) is 4.79 Å². The second-order valence-electron chi connectivity index (χ2n) is 6.81. The van der Waals surface area contributed by atoms with Crippen molar-refractivity contribution in [3.8, 4) is 0 Å². The van der Waals surface area contributed by atoms with Gasteiger partial charge in [0.25, 0.3) is 5.91 Å². The Balaban J connectivity index is 0.00000264. The van der Waals surface area contributed by atoms with Crippen LogP contribution in [0.4, 0.5) is 5.69 Å². The lowest BCUT2D eigenvalue weighted by Gasteiger charge is -2.22. The Morgan fingerprint density at radius 2 is 1.83 bits per heavy atom. The van der Waals surface area contributed by atoms with Gasteiger partial charge >= 0.3 is 0 Å². The van der Waals surface area contributed by atoms with Crippen LogP contribution in [0.2, 0.25) is 0 Å². The van der Waals surface area contributed by atoms with Gasteiger partial charge in [-0.25, -0.2) is 0 Å². The molecule has 1 aliphatic rings. The summed E-state index contributed by atoms with van der Waals surface area (Å²) in [5, 5.41) is 9.06. The van der Waals surface area contributed by atoms with Gasteiger partial charge in [-0.3, -0.25) is 9.59 Å². The fourth-order valence-corrected chi connectivity index (χ4v) is 2.44. The number of carbonyl (C=O) groups excluding carboxylic acids is 2. The molecule has 3 N–H and O–H groups in total. The molecule has 0 aliphatic carbocycles. The van der Waals surface area contributed by atoms with Crippen LogP contribution in [0.25, 0.3) is 0 Å². The van der Waals surface area contributed by atoms with Gasteiger partial charge in [0.2, 0.25) is 5.91 Å². The number of piperidine rings is 1. The van der Waals surface area contributed by atoms with Crippen molar-refractivity contribution >= 4 is 29.9 Å². The van der Waals surface area contributed by atoms with Crippen molar-refractivity contribution in [3.63, 3.8) is 0 Å². The van der Waals surface area contributed by atoms with E-state index >= 15 is 0 Å². The number of rotatable bonds is 3. The molecule has 6 heteroatoms. The second-order valence-corrected chi connectivity index (χ2v) is 6.81. The van der Waals surface area contributed by atoms with Crippen LogP contribution in [-0.4, -0.2) is 30.4 Å². The molecule has 1 aromatic carbocycles. The first-order valence-corrected chi connectivity index (χ1v) is 7.79. The number of halogens is 1. The van der Waals surface area contributed by atoms with Crippen LogP contribution >= 0.6 is 12.4 Å². The van der Waals surface area contributed by atoms with Gasteiger partial charge in [0.15, 0.2) is 0 Å². The number of benzene rings is 1. The van der Waals surface area contributed by atoms with Crippen molar-refractivity contribution in [1.82, 2.24) is 10.6 Å². The van der Waals surface area contributed by atoms with Crippen molar-refractivity contribution in [3.05, 3.63) is 29.8 Å². The van der Waals surface area contributed by atoms with E-state index in [9.17, 15) is 9.59 Å². The maximum Gasteiger partial charge on any atom is 0.251 e. The van der Waals surface area contributed by atoms with Gasteiger partial charge in [-0.1, -0.05) is 0 Å². The molecule has 0 saturated carbocycles. The monoisotopic (exact) mass is 339 g/mol. The smallest absolute Gasteiger partial charge is 0.251 e. The zero-order chi connectivity index (χ0) is 16.2. The minimum atomic E-state index is -0.266. The zero-order valence-electron chi connectivity index (χ0n) is 13.9. The molecule has 0 aromatic heterocycles. The quantitative estimate of drug-likeness (QED) is 0.792. The largest absolute Gasteiger partial charge is 0.347 e. The van der Waals surface area contributed by atoms with Gasteiger partial charge in [-0.15, -0.1) is 12.4 Å². The van der Waals surface area contributed by atoms with Gasteiger partial charge in [-0.2, -0.15) is 0 Å². The van der Waals surface area contributed by atoms with E-state index in [4.69, 9.17) is 0 Å². The minimum Gasteiger partial charge on any atom is -0.347 e. The molecule has 0 unspecified atom stereocenters. The third kappa shape index (κ3) is 6.20. The van der Waals surface area contributed by atoms with E-state index in [1.54, 1.807) is 24.3 Å². The molecule has 5 nitrogen and oxygen atoms in total. The summed E-state index contributed by atoms with van der Waals surface area (Å²) in [6, 6.07) is 7.00. The molecular formula is C17H26ClN3O2. The van der Waals surface area contributed by atoms with E-state index in [2.05, 4.69) is 16.0 Å². The summed E-state index contributed by atoms with van der Waals surface area (Å²) in [5.74, 6) is -0.0430. The maximum atomic E-state index is 12.1. The molecule has 1 aromatic rings. The zero-order valence-corrected chi connectivity index (χ0v) is 14.8. The SMILES string of the molecule is CC(C)(C)NC(=O)c1ccc(NC(=O)[C@@H]2CCCNC2)cc1.Cl. The number of hydrogen-bond acceptors (Lipinski definition) is 3. The summed E-state index contributed by atoms with van der Waals surface area (Å²) in [7, 11) is 0. The van der Waals surface area contributed by atoms with Crippen LogP contribution in [0, 0.1) is 5.92 Å². The fourth-order valence-electron chi connectivity index (χ4n) is 2.44. The summed E-state index contributed by atoms with van der Waals surface area (Å²) in [5.41, 5.74) is 1.05. The normalized spacial score (nSPS) is 17.8. The lowest BCUT2D eigenvalue weighted by atomic mass is 9.99. The highest BCUT2D eigenvalue weighted by atomic mass is 35.5. The topological polar surface area (TPSA) is 70.2 Å². The first-order valence-electron chi connectivity index (χ1n) is 7.79. The summed E-state index contributed by atoms with van der Waals surface area (Å²) < 4.78 is 0. The predicted molar refractivity (Wildman–Crippen MR) is 95.1 cm³/mol. The lowest BCUT2D eigenvalue weighted by molar-refractivity contribution is -0.120. The lowest BCUT2D eigenvalue weighted by Crippen LogP contribution is -2.40. The van der Waals surface area contributed by atoms with E-state index in [1.165, 1.54) is 0 Å². The molecular weight excluding hydrogens is 314 g/mol. The number of hydrogen-bond donors (Lipinski definition) is 3. The van der Waals surface area contributed by atoms with E-state index < -0.39 is 0 Å². The Bertz CT molecular complexity index is 532. The van der Waals surface area contributed by atoms with Gasteiger partial charge < -0.3 is 16.0 Å². The number of amides is 2. The van der Waals surface area contributed by atoms with E-state index in [1.807, 2.05) is 20.8 Å². The van der Waals surface area contributed by atoms with Crippen LogP contribution < -0.4 is 16.0 Å². The molecule has 23 heavy (non-hydrogen) atoms. The molecule has 128 valence electrons. The Hall–Kier alpha value is -1.59. The Kier molecular flexibility index (Phi) is 7.03. The first-order chi connectivity index (χ1) is 10.3. The van der Waals surface area contributed by atoms with Crippen molar-refractivity contribution in [2.24, 2.45) is 5.92 Å². The molecule has 2 amide bonds. The highest BCUT2D eigenvalue weighted by Crippen LogP contribution is 2.15. The summed E-state index contributed by atoms with van der Waals surface area (Å²) in [6.45, 7) is 7.55. The molecule has 1 atom stereocenters. The molecule has 1 aliphatic heterocycles. The van der Waals surface area contributed by atoms with Gasteiger partial charge in [0.1, 0.15) is 0 Å². The molecule has 0 spiro atoms.